The molecule has 1 heterocycles. The van der Waals surface area contributed by atoms with Gasteiger partial charge in [-0.25, -0.2) is 4.98 Å². The van der Waals surface area contributed by atoms with Crippen molar-refractivity contribution in [3.63, 3.8) is 0 Å². The van der Waals surface area contributed by atoms with E-state index in [1.165, 1.54) is 12.3 Å². The van der Waals surface area contributed by atoms with E-state index in [0.29, 0.717) is 5.02 Å². The highest BCUT2D eigenvalue weighted by atomic mass is 35.5. The minimum absolute atomic E-state index is 0.00560. The molecule has 0 aliphatic heterocycles. The molecule has 0 fully saturated rings. The van der Waals surface area contributed by atoms with Crippen LogP contribution < -0.4 is 0 Å². The molecule has 0 aromatic carbocycles. The van der Waals surface area contributed by atoms with Gasteiger partial charge in [-0.1, -0.05) is 29.1 Å². The van der Waals surface area contributed by atoms with Crippen LogP contribution in [0.15, 0.2) is 12.3 Å². The van der Waals surface area contributed by atoms with E-state index in [1.807, 2.05) is 0 Å². The van der Waals surface area contributed by atoms with E-state index in [1.54, 1.807) is 0 Å². The van der Waals surface area contributed by atoms with Crippen molar-refractivity contribution >= 4 is 29.0 Å². The Kier molecular flexibility index (Phi) is 3.30. The third-order valence-electron chi connectivity index (χ3n) is 1.33. The molecule has 4 heteroatoms. The van der Waals surface area contributed by atoms with Gasteiger partial charge in [0.2, 0.25) is 0 Å². The van der Waals surface area contributed by atoms with Crippen molar-refractivity contribution in [2.45, 2.75) is 6.42 Å². The Morgan fingerprint density at radius 2 is 2.31 bits per heavy atom. The molecular weight excluding hydrogens is 209 g/mol. The molecule has 0 saturated heterocycles. The number of halogens is 2. The van der Waals surface area contributed by atoms with Gasteiger partial charge in [0.05, 0.1) is 16.5 Å². The van der Waals surface area contributed by atoms with E-state index < -0.39 is 0 Å². The summed E-state index contributed by atoms with van der Waals surface area (Å²) < 4.78 is 0. The third-order valence-corrected chi connectivity index (χ3v) is 1.83. The predicted molar refractivity (Wildman–Crippen MR) is 52.0 cm³/mol. The molecule has 0 aliphatic rings. The molecule has 0 aliphatic carbocycles. The van der Waals surface area contributed by atoms with Crippen molar-refractivity contribution in [3.8, 4) is 12.3 Å². The number of rotatable bonds is 2. The van der Waals surface area contributed by atoms with Gasteiger partial charge in [-0.2, -0.15) is 0 Å². The summed E-state index contributed by atoms with van der Waals surface area (Å²) >= 11 is 11.3. The number of ketones is 1. The summed E-state index contributed by atoms with van der Waals surface area (Å²) in [6, 6.07) is 1.46. The van der Waals surface area contributed by atoms with Gasteiger partial charge in [-0.3, -0.25) is 4.79 Å². The SMILES string of the molecule is C#CCC(=O)c1ncc(Cl)cc1Cl. The number of pyridine rings is 1. The van der Waals surface area contributed by atoms with Crippen molar-refractivity contribution in [1.29, 1.82) is 0 Å². The maximum atomic E-state index is 11.2. The quantitative estimate of drug-likeness (QED) is 0.559. The molecule has 0 unspecified atom stereocenters. The molecule has 66 valence electrons. The number of nitrogens with zero attached hydrogens (tertiary/aromatic N) is 1. The Morgan fingerprint density at radius 1 is 1.62 bits per heavy atom. The Balaban J connectivity index is 3.03. The first-order chi connectivity index (χ1) is 6.15. The number of hydrogen-bond donors (Lipinski definition) is 0. The highest BCUT2D eigenvalue weighted by molar-refractivity contribution is 6.36. The number of carbonyl (C=O) groups is 1. The Bertz CT molecular complexity index is 382. The maximum Gasteiger partial charge on any atom is 0.194 e. The van der Waals surface area contributed by atoms with Crippen LogP contribution in [0.1, 0.15) is 16.9 Å². The van der Waals surface area contributed by atoms with Crippen LogP contribution >= 0.6 is 23.2 Å². The van der Waals surface area contributed by atoms with E-state index >= 15 is 0 Å². The summed E-state index contributed by atoms with van der Waals surface area (Å²) in [6.45, 7) is 0. The lowest BCUT2D eigenvalue weighted by molar-refractivity contribution is 0.0993. The highest BCUT2D eigenvalue weighted by Gasteiger charge is 2.10. The molecule has 2 nitrogen and oxygen atoms in total. The lowest BCUT2D eigenvalue weighted by atomic mass is 10.2. The molecular formula is C9H5Cl2NO. The molecule has 0 radical (unpaired) electrons. The zero-order valence-electron chi connectivity index (χ0n) is 6.55. The van der Waals surface area contributed by atoms with Crippen molar-refractivity contribution in [3.05, 3.63) is 28.0 Å². The van der Waals surface area contributed by atoms with Crippen LogP contribution in [0.2, 0.25) is 10.0 Å². The van der Waals surface area contributed by atoms with Gasteiger partial charge in [0.25, 0.3) is 0 Å². The first-order valence-electron chi connectivity index (χ1n) is 3.43. The molecule has 0 spiro atoms. The molecule has 1 aromatic rings. The largest absolute Gasteiger partial charge is 0.291 e. The van der Waals surface area contributed by atoms with E-state index in [2.05, 4.69) is 10.9 Å². The van der Waals surface area contributed by atoms with Gasteiger partial charge in [-0.15, -0.1) is 6.42 Å². The minimum atomic E-state index is -0.274. The normalized spacial score (nSPS) is 9.31. The van der Waals surface area contributed by atoms with Crippen LogP contribution in [0.25, 0.3) is 0 Å². The zero-order valence-corrected chi connectivity index (χ0v) is 8.06. The molecule has 13 heavy (non-hydrogen) atoms. The zero-order chi connectivity index (χ0) is 9.84. The fourth-order valence-electron chi connectivity index (χ4n) is 0.796. The van der Waals surface area contributed by atoms with Crippen LogP contribution in [0, 0.1) is 12.3 Å². The predicted octanol–water partition coefficient (Wildman–Crippen LogP) is 2.59. The summed E-state index contributed by atoms with van der Waals surface area (Å²) in [5.41, 5.74) is 0.170. The summed E-state index contributed by atoms with van der Waals surface area (Å²) in [5.74, 6) is 1.95. The molecule has 0 saturated carbocycles. The lowest BCUT2D eigenvalue weighted by Gasteiger charge is -1.99. The molecule has 0 bridgehead atoms. The second-order valence-electron chi connectivity index (χ2n) is 2.29. The van der Waals surface area contributed by atoms with E-state index in [0.717, 1.165) is 0 Å². The fourth-order valence-corrected chi connectivity index (χ4v) is 1.28. The van der Waals surface area contributed by atoms with Crippen LogP contribution in [0.4, 0.5) is 0 Å². The number of terminal acetylenes is 1. The average molecular weight is 214 g/mol. The third kappa shape index (κ3) is 2.45. The van der Waals surface area contributed by atoms with Crippen molar-refractivity contribution in [2.75, 3.05) is 0 Å². The lowest BCUT2D eigenvalue weighted by Crippen LogP contribution is -2.01. The highest BCUT2D eigenvalue weighted by Crippen LogP contribution is 2.19. The first-order valence-corrected chi connectivity index (χ1v) is 4.18. The monoisotopic (exact) mass is 213 g/mol. The Hall–Kier alpha value is -1.04. The van der Waals surface area contributed by atoms with Crippen molar-refractivity contribution < 1.29 is 4.79 Å². The van der Waals surface area contributed by atoms with E-state index in [-0.39, 0.29) is 22.9 Å². The van der Waals surface area contributed by atoms with Crippen LogP contribution in [0.5, 0.6) is 0 Å². The number of carbonyl (C=O) groups excluding carboxylic acids is 1. The fraction of sp³-hybridized carbons (Fsp3) is 0.111. The van der Waals surface area contributed by atoms with Gasteiger partial charge >= 0.3 is 0 Å². The van der Waals surface area contributed by atoms with E-state index in [4.69, 9.17) is 29.6 Å². The molecule has 0 atom stereocenters. The van der Waals surface area contributed by atoms with Gasteiger partial charge in [-0.05, 0) is 6.07 Å². The van der Waals surface area contributed by atoms with Crippen molar-refractivity contribution in [2.24, 2.45) is 0 Å². The average Bonchev–Trinajstić information content (AvgIpc) is 2.04. The topological polar surface area (TPSA) is 30.0 Å². The first kappa shape index (κ1) is 10.0. The van der Waals surface area contributed by atoms with E-state index in [9.17, 15) is 4.79 Å². The van der Waals surface area contributed by atoms with Crippen LogP contribution in [-0.4, -0.2) is 10.8 Å². The molecule has 1 aromatic heterocycles. The Morgan fingerprint density at radius 3 is 2.85 bits per heavy atom. The summed E-state index contributed by atoms with van der Waals surface area (Å²) in [4.78, 5) is 15.0. The Labute approximate surface area is 85.9 Å². The van der Waals surface area contributed by atoms with Crippen molar-refractivity contribution in [1.82, 2.24) is 4.98 Å². The van der Waals surface area contributed by atoms with Crippen LogP contribution in [0.3, 0.4) is 0 Å². The second kappa shape index (κ2) is 4.27. The summed E-state index contributed by atoms with van der Waals surface area (Å²) in [5, 5.41) is 0.620. The number of Topliss-reactive ketones (excluding diaryl/α,β-unsaturated/α-hetero) is 1. The second-order valence-corrected chi connectivity index (χ2v) is 3.13. The molecule has 0 amide bonds. The molecule has 1 rings (SSSR count). The maximum absolute atomic E-state index is 11.2. The summed E-state index contributed by atoms with van der Waals surface area (Å²) in [6.07, 6.45) is 6.33. The standard InChI is InChI=1S/C9H5Cl2NO/c1-2-3-8(13)9-7(11)4-6(10)5-12-9/h1,4-5H,3H2. The minimum Gasteiger partial charge on any atom is -0.291 e. The van der Waals surface area contributed by atoms with Gasteiger partial charge in [0, 0.05) is 6.20 Å². The number of hydrogen-bond acceptors (Lipinski definition) is 2. The molecule has 0 N–H and O–H groups in total. The van der Waals surface area contributed by atoms with Crippen LogP contribution in [-0.2, 0) is 0 Å². The van der Waals surface area contributed by atoms with Gasteiger partial charge < -0.3 is 0 Å². The summed E-state index contributed by atoms with van der Waals surface area (Å²) in [7, 11) is 0. The van der Waals surface area contributed by atoms with Gasteiger partial charge in [0.1, 0.15) is 5.69 Å². The van der Waals surface area contributed by atoms with Gasteiger partial charge in [0.15, 0.2) is 5.78 Å². The number of aromatic nitrogens is 1. The smallest absolute Gasteiger partial charge is 0.194 e.